The van der Waals surface area contributed by atoms with Crippen molar-refractivity contribution in [3.8, 4) is 16.3 Å². The number of halogens is 1. The lowest BCUT2D eigenvalue weighted by molar-refractivity contribution is -0.137. The number of hydrogen-bond donors (Lipinski definition) is 0. The van der Waals surface area contributed by atoms with E-state index in [1.165, 1.54) is 41.0 Å². The first-order chi connectivity index (χ1) is 20.3. The molecule has 0 aliphatic carbocycles. The monoisotopic (exact) mass is 603 g/mol. The summed E-state index contributed by atoms with van der Waals surface area (Å²) in [7, 11) is 0. The van der Waals surface area contributed by atoms with Gasteiger partial charge in [-0.25, -0.2) is 9.07 Å². The molecule has 2 aromatic carbocycles. The minimum atomic E-state index is -0.528. The van der Waals surface area contributed by atoms with Crippen LogP contribution in [0.3, 0.4) is 0 Å². The molecule has 2 aliphatic heterocycles. The topological polar surface area (TPSA) is 78.8 Å². The predicted octanol–water partition coefficient (Wildman–Crippen LogP) is 4.91. The summed E-state index contributed by atoms with van der Waals surface area (Å²) in [5.74, 6) is -0.288. The Bertz CT molecular complexity index is 1650. The molecule has 0 radical (unpaired) electrons. The largest absolute Gasteiger partial charge is 0.339 e. The number of carbonyl (C=O) groups is 3. The number of benzene rings is 2. The molecule has 6 rings (SSSR count). The molecule has 11 heteroatoms. The Hall–Kier alpha value is -3.96. The van der Waals surface area contributed by atoms with Crippen molar-refractivity contribution in [2.24, 2.45) is 0 Å². The van der Waals surface area contributed by atoms with Gasteiger partial charge >= 0.3 is 0 Å². The quantitative estimate of drug-likeness (QED) is 0.324. The fourth-order valence-electron chi connectivity index (χ4n) is 5.52. The van der Waals surface area contributed by atoms with Crippen molar-refractivity contribution in [3.05, 3.63) is 88.6 Å². The van der Waals surface area contributed by atoms with E-state index in [0.717, 1.165) is 16.1 Å². The lowest BCUT2D eigenvalue weighted by Gasteiger charge is -2.35. The van der Waals surface area contributed by atoms with Crippen molar-refractivity contribution < 1.29 is 18.8 Å². The lowest BCUT2D eigenvalue weighted by atomic mass is 10.0. The summed E-state index contributed by atoms with van der Waals surface area (Å²) in [6.07, 6.45) is 0. The van der Waals surface area contributed by atoms with Crippen LogP contribution < -0.4 is 4.90 Å². The summed E-state index contributed by atoms with van der Waals surface area (Å²) in [6, 6.07) is 18.3. The van der Waals surface area contributed by atoms with Gasteiger partial charge in [-0.1, -0.05) is 42.5 Å². The van der Waals surface area contributed by atoms with E-state index in [-0.39, 0.29) is 35.8 Å². The first-order valence-electron chi connectivity index (χ1n) is 13.8. The van der Waals surface area contributed by atoms with E-state index in [0.29, 0.717) is 48.8 Å². The number of nitrogens with zero attached hydrogens (tertiary/aromatic N) is 5. The number of thiophene rings is 1. The molecular weight excluding hydrogens is 574 g/mol. The van der Waals surface area contributed by atoms with Crippen molar-refractivity contribution in [2.45, 2.75) is 19.1 Å². The highest BCUT2D eigenvalue weighted by molar-refractivity contribution is 8.00. The summed E-state index contributed by atoms with van der Waals surface area (Å²) in [5.41, 5.74) is 3.55. The smallest absolute Gasteiger partial charge is 0.242 e. The molecule has 2 aromatic heterocycles. The maximum atomic E-state index is 15.4. The van der Waals surface area contributed by atoms with E-state index >= 15 is 4.39 Å². The fourth-order valence-corrected chi connectivity index (χ4v) is 7.47. The standard InChI is InChI=1S/C31H30FN5O3S2/c1-20-8-3-6-11-24(20)37-31-28(29(33-37)25-12-7-17-41-25)30(22-9-4-5-10-23(22)32)42-19-27(40)36(31)18-26(39)35-15-13-34(14-16-35)21(2)38/h3-12,17,30H,13-16,18-19H2,1-2H3/t30-/m0/s1. The molecular formula is C31H30FN5O3S2. The van der Waals surface area contributed by atoms with Crippen LogP contribution in [0, 0.1) is 12.7 Å². The molecule has 0 bridgehead atoms. The molecule has 4 aromatic rings. The molecule has 1 saturated heterocycles. The van der Waals surface area contributed by atoms with Gasteiger partial charge in [0, 0.05) is 44.2 Å². The first kappa shape index (κ1) is 28.2. The molecule has 0 saturated carbocycles. The highest BCUT2D eigenvalue weighted by Gasteiger charge is 2.39. The van der Waals surface area contributed by atoms with Crippen LogP contribution in [0.1, 0.15) is 28.9 Å². The van der Waals surface area contributed by atoms with Crippen molar-refractivity contribution in [3.63, 3.8) is 0 Å². The second-order valence-corrected chi connectivity index (χ2v) is 12.4. The molecule has 0 N–H and O–H groups in total. The van der Waals surface area contributed by atoms with E-state index in [2.05, 4.69) is 0 Å². The Morgan fingerprint density at radius 2 is 1.69 bits per heavy atom. The van der Waals surface area contributed by atoms with Crippen molar-refractivity contribution in [1.82, 2.24) is 19.6 Å². The maximum Gasteiger partial charge on any atom is 0.242 e. The van der Waals surface area contributed by atoms with Crippen LogP contribution in [0.4, 0.5) is 10.2 Å². The van der Waals surface area contributed by atoms with Gasteiger partial charge in [0.15, 0.2) is 0 Å². The number of rotatable bonds is 5. The van der Waals surface area contributed by atoms with Gasteiger partial charge in [0.05, 0.1) is 21.6 Å². The third kappa shape index (κ3) is 5.22. The average molecular weight is 604 g/mol. The number of anilines is 1. The fraction of sp³-hybridized carbons (Fsp3) is 0.290. The number of hydrogen-bond acceptors (Lipinski definition) is 6. The van der Waals surface area contributed by atoms with E-state index in [4.69, 9.17) is 5.10 Å². The molecule has 0 unspecified atom stereocenters. The van der Waals surface area contributed by atoms with Gasteiger partial charge in [0.1, 0.15) is 23.9 Å². The number of carbonyl (C=O) groups excluding carboxylic acids is 3. The highest BCUT2D eigenvalue weighted by atomic mass is 32.2. The number of piperazine rings is 1. The number of thioether (sulfide) groups is 1. The van der Waals surface area contributed by atoms with E-state index in [1.807, 2.05) is 48.7 Å². The molecule has 42 heavy (non-hydrogen) atoms. The van der Waals surface area contributed by atoms with Crippen LogP contribution in [-0.2, 0) is 14.4 Å². The van der Waals surface area contributed by atoms with Crippen LogP contribution in [0.15, 0.2) is 66.0 Å². The number of aryl methyl sites for hydroxylation is 1. The number of amides is 3. The van der Waals surface area contributed by atoms with E-state index in [1.54, 1.807) is 32.7 Å². The Balaban J connectivity index is 1.52. The van der Waals surface area contributed by atoms with E-state index < -0.39 is 5.25 Å². The van der Waals surface area contributed by atoms with Crippen LogP contribution in [0.5, 0.6) is 0 Å². The van der Waals surface area contributed by atoms with Crippen molar-refractivity contribution >= 4 is 46.6 Å². The second kappa shape index (κ2) is 11.7. The van der Waals surface area contributed by atoms with Crippen LogP contribution in [0.2, 0.25) is 0 Å². The summed E-state index contributed by atoms with van der Waals surface area (Å²) in [4.78, 5) is 45.3. The first-order valence-corrected chi connectivity index (χ1v) is 15.7. The summed E-state index contributed by atoms with van der Waals surface area (Å²) in [6.45, 7) is 5.02. The van der Waals surface area contributed by atoms with Gasteiger partial charge in [-0.15, -0.1) is 23.1 Å². The Kier molecular flexibility index (Phi) is 7.87. The Morgan fingerprint density at radius 1 is 0.976 bits per heavy atom. The summed E-state index contributed by atoms with van der Waals surface area (Å²) >= 11 is 2.87. The van der Waals surface area contributed by atoms with Gasteiger partial charge < -0.3 is 9.80 Å². The van der Waals surface area contributed by atoms with E-state index in [9.17, 15) is 14.4 Å². The maximum absolute atomic E-state index is 15.4. The number of aromatic nitrogens is 2. The number of fused-ring (bicyclic) bond motifs is 1. The molecule has 1 fully saturated rings. The second-order valence-electron chi connectivity index (χ2n) is 10.3. The predicted molar refractivity (Wildman–Crippen MR) is 164 cm³/mol. The van der Waals surface area contributed by atoms with Gasteiger partial charge in [0.2, 0.25) is 17.7 Å². The normalized spacial score (nSPS) is 17.3. The third-order valence-electron chi connectivity index (χ3n) is 7.75. The average Bonchev–Trinajstić information content (AvgIpc) is 3.63. The minimum Gasteiger partial charge on any atom is -0.339 e. The zero-order valence-corrected chi connectivity index (χ0v) is 25.0. The van der Waals surface area contributed by atoms with Crippen molar-refractivity contribution in [2.75, 3.05) is 43.4 Å². The molecule has 3 amide bonds. The van der Waals surface area contributed by atoms with Crippen LogP contribution in [0.25, 0.3) is 16.3 Å². The zero-order chi connectivity index (χ0) is 29.4. The number of para-hydroxylation sites is 1. The summed E-state index contributed by atoms with van der Waals surface area (Å²) in [5, 5.41) is 6.51. The SMILES string of the molecule is CC(=O)N1CCN(C(=O)CN2C(=O)CS[C@@H](c3ccccc3F)c3c(-c4cccs4)nn(-c4ccccc4C)c32)CC1. The van der Waals surface area contributed by atoms with Gasteiger partial charge in [-0.3, -0.25) is 19.3 Å². The Labute approximate surface area is 251 Å². The highest BCUT2D eigenvalue weighted by Crippen LogP contribution is 2.49. The zero-order valence-electron chi connectivity index (χ0n) is 23.3. The molecule has 1 atom stereocenters. The van der Waals surface area contributed by atoms with Crippen LogP contribution >= 0.6 is 23.1 Å². The summed E-state index contributed by atoms with van der Waals surface area (Å²) < 4.78 is 17.1. The van der Waals surface area contributed by atoms with Gasteiger partial charge in [-0.05, 0) is 36.1 Å². The minimum absolute atomic E-state index is 0.0195. The molecule has 216 valence electrons. The molecule has 2 aliphatic rings. The molecule has 0 spiro atoms. The Morgan fingerprint density at radius 3 is 2.38 bits per heavy atom. The lowest BCUT2D eigenvalue weighted by Crippen LogP contribution is -2.53. The molecule has 4 heterocycles. The van der Waals surface area contributed by atoms with Crippen LogP contribution in [-0.4, -0.2) is 75.8 Å². The van der Waals surface area contributed by atoms with Gasteiger partial charge in [-0.2, -0.15) is 5.10 Å². The molecule has 8 nitrogen and oxygen atoms in total. The van der Waals surface area contributed by atoms with Crippen molar-refractivity contribution in [1.29, 1.82) is 0 Å². The van der Waals surface area contributed by atoms with Gasteiger partial charge in [0.25, 0.3) is 0 Å². The third-order valence-corrected chi connectivity index (χ3v) is 9.86.